The van der Waals surface area contributed by atoms with Crippen LogP contribution in [0.4, 0.5) is 11.4 Å². The molecule has 4 aliphatic heterocycles. The van der Waals surface area contributed by atoms with Crippen molar-refractivity contribution < 1.29 is 28.5 Å². The summed E-state index contributed by atoms with van der Waals surface area (Å²) < 4.78 is 26.5. The number of rotatable bonds is 10. The van der Waals surface area contributed by atoms with Gasteiger partial charge < -0.3 is 33.6 Å². The lowest BCUT2D eigenvalue weighted by atomic mass is 10.0. The summed E-state index contributed by atoms with van der Waals surface area (Å²) in [6, 6.07) is 17.3. The van der Waals surface area contributed by atoms with Crippen molar-refractivity contribution in [2.75, 3.05) is 28.3 Å². The number of benzene rings is 3. The summed E-state index contributed by atoms with van der Waals surface area (Å²) in [5, 5.41) is 0. The van der Waals surface area contributed by atoms with E-state index < -0.39 is 0 Å². The van der Waals surface area contributed by atoms with Crippen LogP contribution in [0.3, 0.4) is 0 Å². The van der Waals surface area contributed by atoms with Crippen molar-refractivity contribution in [1.29, 1.82) is 0 Å². The molecule has 58 heavy (non-hydrogen) atoms. The van der Waals surface area contributed by atoms with Crippen LogP contribution in [0.5, 0.6) is 23.0 Å². The number of thiophene rings is 2. The van der Waals surface area contributed by atoms with E-state index in [9.17, 15) is 9.59 Å². The standard InChI is InChI=1S/C43H39Br2N5O6S2/c1-48(2)18-23-5-24(21-55-36-14-32-30(12-34(36)53-3)42(51)49-19-26-8-40(44)57-38(26)10-28(49)16-46-32)7-25(6-23)22-56-37-15-33-31(13-35(37)54-4)43(52)50-20-27-9-41(45)58-39(27)11-29(50)17-47-33/h5-9,12-17,28-29H,10-11,18-22H2,1-4H3/t28-,29-/m0/s1. The molecule has 6 heterocycles. The van der Waals surface area contributed by atoms with Gasteiger partial charge in [0.25, 0.3) is 11.8 Å². The van der Waals surface area contributed by atoms with Crippen molar-refractivity contribution >= 4 is 90.2 Å². The average Bonchev–Trinajstić information content (AvgIpc) is 3.69. The molecule has 0 unspecified atom stereocenters. The normalized spacial score (nSPS) is 17.8. The summed E-state index contributed by atoms with van der Waals surface area (Å²) in [6.45, 7) is 2.25. The molecule has 2 aromatic heterocycles. The van der Waals surface area contributed by atoms with Gasteiger partial charge in [-0.15, -0.1) is 22.7 Å². The second-order valence-corrected chi connectivity index (χ2v) is 20.0. The Kier molecular flexibility index (Phi) is 10.7. The molecule has 15 heteroatoms. The summed E-state index contributed by atoms with van der Waals surface area (Å²) in [4.78, 5) is 45.8. The van der Waals surface area contributed by atoms with Crippen LogP contribution < -0.4 is 18.9 Å². The summed E-state index contributed by atoms with van der Waals surface area (Å²) in [5.74, 6) is 1.75. The molecule has 11 nitrogen and oxygen atoms in total. The Hall–Kier alpha value is -4.54. The molecule has 2 amide bonds. The minimum Gasteiger partial charge on any atom is -0.493 e. The maximum Gasteiger partial charge on any atom is 0.257 e. The van der Waals surface area contributed by atoms with Gasteiger partial charge in [-0.05, 0) is 104 Å². The van der Waals surface area contributed by atoms with Gasteiger partial charge in [-0.1, -0.05) is 12.1 Å². The van der Waals surface area contributed by atoms with Crippen LogP contribution in [0, 0.1) is 0 Å². The third-order valence-corrected chi connectivity index (χ3v) is 14.1. The molecule has 4 aliphatic rings. The first-order valence-corrected chi connectivity index (χ1v) is 22.0. The Morgan fingerprint density at radius 3 is 1.53 bits per heavy atom. The van der Waals surface area contributed by atoms with Crippen LogP contribution in [-0.4, -0.2) is 79.3 Å². The molecule has 0 spiro atoms. The molecule has 0 bridgehead atoms. The van der Waals surface area contributed by atoms with Crippen LogP contribution >= 0.6 is 54.5 Å². The molecule has 0 saturated heterocycles. The number of carbonyl (C=O) groups excluding carboxylic acids is 2. The number of amides is 2. The van der Waals surface area contributed by atoms with Crippen molar-refractivity contribution in [3.05, 3.63) is 111 Å². The van der Waals surface area contributed by atoms with E-state index in [4.69, 9.17) is 28.9 Å². The fraction of sp³-hybridized carbons (Fsp3) is 0.302. The summed E-state index contributed by atoms with van der Waals surface area (Å²) in [6.07, 6.45) is 5.21. The maximum atomic E-state index is 13.9. The predicted molar refractivity (Wildman–Crippen MR) is 234 cm³/mol. The molecule has 3 aromatic carbocycles. The van der Waals surface area contributed by atoms with Crippen molar-refractivity contribution in [2.24, 2.45) is 9.98 Å². The van der Waals surface area contributed by atoms with Gasteiger partial charge in [-0.2, -0.15) is 0 Å². The van der Waals surface area contributed by atoms with Crippen LogP contribution in [0.15, 0.2) is 72.2 Å². The van der Waals surface area contributed by atoms with Crippen molar-refractivity contribution in [2.45, 2.75) is 57.8 Å². The third-order valence-electron chi connectivity index (χ3n) is 10.7. The fourth-order valence-corrected chi connectivity index (χ4v) is 11.6. The number of hydrogen-bond donors (Lipinski definition) is 0. The predicted octanol–water partition coefficient (Wildman–Crippen LogP) is 9.14. The van der Waals surface area contributed by atoms with Gasteiger partial charge in [0, 0.05) is 66.8 Å². The van der Waals surface area contributed by atoms with Gasteiger partial charge in [0.15, 0.2) is 23.0 Å². The van der Waals surface area contributed by atoms with Crippen LogP contribution in [0.2, 0.25) is 0 Å². The van der Waals surface area contributed by atoms with Crippen LogP contribution in [-0.2, 0) is 45.7 Å². The highest BCUT2D eigenvalue weighted by Gasteiger charge is 2.36. The number of aliphatic imine (C=N–C) groups is 2. The first kappa shape index (κ1) is 38.9. The van der Waals surface area contributed by atoms with E-state index in [1.807, 2.05) is 36.3 Å². The van der Waals surface area contributed by atoms with Gasteiger partial charge in [-0.25, -0.2) is 0 Å². The second-order valence-electron chi connectivity index (χ2n) is 15.0. The summed E-state index contributed by atoms with van der Waals surface area (Å²) in [7, 11) is 7.21. The minimum absolute atomic E-state index is 0.0812. The van der Waals surface area contributed by atoms with Crippen molar-refractivity contribution in [3.63, 3.8) is 0 Å². The number of nitrogens with zero attached hydrogens (tertiary/aromatic N) is 5. The smallest absolute Gasteiger partial charge is 0.257 e. The van der Waals surface area contributed by atoms with E-state index in [1.54, 1.807) is 61.2 Å². The third kappa shape index (κ3) is 7.58. The topological polar surface area (TPSA) is 106 Å². The molecule has 0 radical (unpaired) electrons. The quantitative estimate of drug-likeness (QED) is 0.138. The first-order valence-electron chi connectivity index (χ1n) is 18.7. The number of halogens is 2. The molecule has 0 saturated carbocycles. The molecule has 0 aliphatic carbocycles. The van der Waals surface area contributed by atoms with E-state index in [-0.39, 0.29) is 37.1 Å². The number of methoxy groups -OCH3 is 2. The Bertz CT molecular complexity index is 2370. The lowest BCUT2D eigenvalue weighted by Gasteiger charge is -2.32. The molecule has 2 atom stereocenters. The highest BCUT2D eigenvalue weighted by molar-refractivity contribution is 9.11. The average molecular weight is 946 g/mol. The molecule has 0 N–H and O–H groups in total. The van der Waals surface area contributed by atoms with Gasteiger partial charge in [0.2, 0.25) is 0 Å². The van der Waals surface area contributed by atoms with E-state index in [0.717, 1.165) is 48.2 Å². The summed E-state index contributed by atoms with van der Waals surface area (Å²) >= 11 is 10.6. The largest absolute Gasteiger partial charge is 0.493 e. The Morgan fingerprint density at radius 1 is 0.655 bits per heavy atom. The lowest BCUT2D eigenvalue weighted by Crippen LogP contribution is -2.44. The summed E-state index contributed by atoms with van der Waals surface area (Å²) in [5.41, 5.74) is 7.36. The van der Waals surface area contributed by atoms with E-state index in [0.29, 0.717) is 65.1 Å². The number of hydrogen-bond acceptors (Lipinski definition) is 11. The molecular formula is C43H39Br2N5O6S2. The maximum absolute atomic E-state index is 13.9. The molecule has 298 valence electrons. The van der Waals surface area contributed by atoms with Gasteiger partial charge in [0.1, 0.15) is 13.2 Å². The SMILES string of the molecule is COc1cc2c(cc1OCc1cc(COc3cc4c(cc3OC)C(=O)N3Cc5cc(Br)sc5C[C@H]3C=N4)cc(CN(C)C)c1)N=C[C@@H]1Cc3sc(Br)cc3CN1C2=O. The van der Waals surface area contributed by atoms with Crippen LogP contribution in [0.25, 0.3) is 0 Å². The molecule has 5 aromatic rings. The van der Waals surface area contributed by atoms with E-state index in [2.05, 4.69) is 67.1 Å². The van der Waals surface area contributed by atoms with Crippen molar-refractivity contribution in [3.8, 4) is 23.0 Å². The molecular weight excluding hydrogens is 906 g/mol. The van der Waals surface area contributed by atoms with Crippen molar-refractivity contribution in [1.82, 2.24) is 14.7 Å². The zero-order chi connectivity index (χ0) is 40.2. The van der Waals surface area contributed by atoms with Gasteiger partial charge in [0.05, 0.1) is 56.4 Å². The number of ether oxygens (including phenoxy) is 4. The van der Waals surface area contributed by atoms with E-state index in [1.165, 1.54) is 9.75 Å². The number of carbonyl (C=O) groups is 2. The Balaban J connectivity index is 0.941. The first-order chi connectivity index (χ1) is 28.0. The fourth-order valence-electron chi connectivity index (χ4n) is 8.01. The Labute approximate surface area is 361 Å². The monoisotopic (exact) mass is 943 g/mol. The van der Waals surface area contributed by atoms with Gasteiger partial charge >= 0.3 is 0 Å². The zero-order valence-corrected chi connectivity index (χ0v) is 37.0. The minimum atomic E-state index is -0.130. The highest BCUT2D eigenvalue weighted by atomic mass is 79.9. The Morgan fingerprint density at radius 2 is 1.10 bits per heavy atom. The van der Waals surface area contributed by atoms with E-state index >= 15 is 0 Å². The van der Waals surface area contributed by atoms with Gasteiger partial charge in [-0.3, -0.25) is 19.6 Å². The molecule has 9 rings (SSSR count). The second kappa shape index (κ2) is 15.9. The lowest BCUT2D eigenvalue weighted by molar-refractivity contribution is 0.0697. The molecule has 0 fully saturated rings. The highest BCUT2D eigenvalue weighted by Crippen LogP contribution is 2.42. The number of fused-ring (bicyclic) bond motifs is 6. The van der Waals surface area contributed by atoms with Crippen LogP contribution in [0.1, 0.15) is 58.3 Å². The zero-order valence-electron chi connectivity index (χ0n) is 32.2.